The lowest BCUT2D eigenvalue weighted by molar-refractivity contribution is -0.166. The van der Waals surface area contributed by atoms with E-state index in [0.717, 1.165) is 87.1 Å². The molecular formula is C68H63N3. The van der Waals surface area contributed by atoms with E-state index in [4.69, 9.17) is 19.1 Å². The maximum Gasteiger partial charge on any atom is 0.0708 e. The van der Waals surface area contributed by atoms with Crippen LogP contribution in [0.5, 0.6) is 0 Å². The fourth-order valence-electron chi connectivity index (χ4n) is 13.1. The van der Waals surface area contributed by atoms with Crippen LogP contribution in [0, 0.1) is 29.0 Å². The molecule has 0 radical (unpaired) electrons. The summed E-state index contributed by atoms with van der Waals surface area (Å²) in [6.07, 6.45) is 8.10. The van der Waals surface area contributed by atoms with Gasteiger partial charge in [-0.2, -0.15) is 0 Å². The van der Waals surface area contributed by atoms with Gasteiger partial charge in [-0.1, -0.05) is 170 Å². The first kappa shape index (κ1) is 37.6. The van der Waals surface area contributed by atoms with Gasteiger partial charge in [0, 0.05) is 44.9 Å². The summed E-state index contributed by atoms with van der Waals surface area (Å²) in [5.74, 6) is 0.146. The van der Waals surface area contributed by atoms with Gasteiger partial charge in [-0.05, 0) is 186 Å². The minimum atomic E-state index is -2.42. The first-order chi connectivity index (χ1) is 37.6. The standard InChI is InChI=1S/C68H63N3/c1-49-37-58(27-28-61(49)54-17-8-3-9-18-54)62-39-65(56-21-12-5-13-22-56)71-45-60(62)33-36-68-42-52-40-66(47-68,34-31-50-25-29-63(69-43-50)55-19-10-4-11-20-55)46-67(41-52,48-68)35-32-51-26-30-64(70-44-51)59-24-14-23-57(38-59)53-15-6-2-7-16-53/h2-30,37-39,43-45,52H,31-36,40-42,46-48H2,1H3/i1D3,35D2,36D2. The van der Waals surface area contributed by atoms with Crippen molar-refractivity contribution in [1.29, 1.82) is 0 Å². The number of rotatable bonds is 15. The summed E-state index contributed by atoms with van der Waals surface area (Å²) < 4.78 is 68.0. The van der Waals surface area contributed by atoms with Crippen LogP contribution < -0.4 is 0 Å². The van der Waals surface area contributed by atoms with Crippen LogP contribution in [-0.2, 0) is 19.3 Å². The van der Waals surface area contributed by atoms with Crippen molar-refractivity contribution in [2.45, 2.75) is 83.8 Å². The molecule has 0 N–H and O–H groups in total. The lowest BCUT2D eigenvalue weighted by atomic mass is 9.37. The molecule has 4 aliphatic rings. The monoisotopic (exact) mass is 929 g/mol. The zero-order chi connectivity index (χ0) is 53.8. The molecule has 4 aliphatic carbocycles. The van der Waals surface area contributed by atoms with Crippen molar-refractivity contribution < 1.29 is 9.60 Å². The van der Waals surface area contributed by atoms with Crippen LogP contribution in [0.1, 0.15) is 89.5 Å². The average Bonchev–Trinajstić information content (AvgIpc) is 2.64. The van der Waals surface area contributed by atoms with Crippen LogP contribution in [0.4, 0.5) is 0 Å². The molecule has 3 heteroatoms. The highest BCUT2D eigenvalue weighted by Crippen LogP contribution is 2.73. The van der Waals surface area contributed by atoms with Crippen LogP contribution in [0.15, 0.2) is 213 Å². The van der Waals surface area contributed by atoms with Crippen molar-refractivity contribution in [2.24, 2.45) is 22.2 Å². The van der Waals surface area contributed by atoms with Gasteiger partial charge in [-0.15, -0.1) is 0 Å². The van der Waals surface area contributed by atoms with Crippen LogP contribution in [0.3, 0.4) is 0 Å². The number of hydrogen-bond acceptors (Lipinski definition) is 3. The van der Waals surface area contributed by atoms with Crippen molar-refractivity contribution in [1.82, 2.24) is 15.0 Å². The molecule has 3 heterocycles. The van der Waals surface area contributed by atoms with Gasteiger partial charge in [0.1, 0.15) is 0 Å². The van der Waals surface area contributed by atoms with Crippen molar-refractivity contribution in [3.63, 3.8) is 0 Å². The van der Waals surface area contributed by atoms with Gasteiger partial charge in [-0.3, -0.25) is 15.0 Å². The molecule has 0 aliphatic heterocycles. The summed E-state index contributed by atoms with van der Waals surface area (Å²) in [4.78, 5) is 14.8. The average molecular weight is 929 g/mol. The molecule has 13 rings (SSSR count). The molecule has 4 atom stereocenters. The highest BCUT2D eigenvalue weighted by Gasteiger charge is 2.62. The second kappa shape index (κ2) is 19.2. The minimum absolute atomic E-state index is 0.0392. The van der Waals surface area contributed by atoms with Gasteiger partial charge in [0.2, 0.25) is 0 Å². The van der Waals surface area contributed by atoms with Crippen LogP contribution in [0.25, 0.3) is 67.2 Å². The van der Waals surface area contributed by atoms with E-state index < -0.39 is 30.4 Å². The third kappa shape index (κ3) is 9.55. The predicted octanol–water partition coefficient (Wildman–Crippen LogP) is 17.3. The maximum absolute atomic E-state index is 10.6. The molecule has 0 spiro atoms. The summed E-state index contributed by atoms with van der Waals surface area (Å²) in [5.41, 5.74) is 11.5. The summed E-state index contributed by atoms with van der Waals surface area (Å²) in [7, 11) is 0. The van der Waals surface area contributed by atoms with Crippen LogP contribution >= 0.6 is 0 Å². The third-order valence-corrected chi connectivity index (χ3v) is 15.9. The molecule has 71 heavy (non-hydrogen) atoms. The largest absolute Gasteiger partial charge is 0.256 e. The first-order valence-corrected chi connectivity index (χ1v) is 25.4. The van der Waals surface area contributed by atoms with E-state index in [1.165, 1.54) is 0 Å². The highest BCUT2D eigenvalue weighted by atomic mass is 14.7. The van der Waals surface area contributed by atoms with Gasteiger partial charge in [-0.25, -0.2) is 0 Å². The van der Waals surface area contributed by atoms with Gasteiger partial charge in [0.15, 0.2) is 0 Å². The topological polar surface area (TPSA) is 38.7 Å². The molecule has 4 saturated carbocycles. The second-order valence-corrected chi connectivity index (χ2v) is 20.9. The summed E-state index contributed by atoms with van der Waals surface area (Å²) in [6, 6.07) is 64.3. The van der Waals surface area contributed by atoms with E-state index in [1.807, 2.05) is 146 Å². The number of aryl methyl sites for hydroxylation is 4. The zero-order valence-corrected chi connectivity index (χ0v) is 40.2. The van der Waals surface area contributed by atoms with Crippen LogP contribution in [0.2, 0.25) is 0 Å². The molecule has 4 unspecified atom stereocenters. The minimum Gasteiger partial charge on any atom is -0.256 e. The highest BCUT2D eigenvalue weighted by molar-refractivity contribution is 5.78. The normalized spacial score (nSPS) is 23.1. The number of hydrogen-bond donors (Lipinski definition) is 0. The first-order valence-electron chi connectivity index (χ1n) is 28.9. The fourth-order valence-corrected chi connectivity index (χ4v) is 13.1. The van der Waals surface area contributed by atoms with Gasteiger partial charge < -0.3 is 0 Å². The van der Waals surface area contributed by atoms with E-state index in [-0.39, 0.29) is 29.7 Å². The van der Waals surface area contributed by atoms with Gasteiger partial charge >= 0.3 is 0 Å². The van der Waals surface area contributed by atoms with E-state index >= 15 is 0 Å². The Hall–Kier alpha value is -7.23. The Kier molecular flexibility index (Phi) is 10.1. The Labute approximate surface area is 431 Å². The number of pyridine rings is 3. The summed E-state index contributed by atoms with van der Waals surface area (Å²) in [5, 5.41) is 0. The lowest BCUT2D eigenvalue weighted by Crippen LogP contribution is -2.57. The number of nitrogens with zero attached hydrogens (tertiary/aromatic N) is 3. The lowest BCUT2D eigenvalue weighted by Gasteiger charge is -2.67. The molecule has 3 nitrogen and oxygen atoms in total. The number of aromatic nitrogens is 3. The van der Waals surface area contributed by atoms with Crippen molar-refractivity contribution in [3.8, 4) is 67.2 Å². The van der Waals surface area contributed by atoms with Gasteiger partial charge in [0.05, 0.1) is 17.1 Å². The fraction of sp³-hybridized carbons (Fsp3) is 0.250. The van der Waals surface area contributed by atoms with E-state index in [0.29, 0.717) is 48.1 Å². The molecule has 6 aromatic carbocycles. The molecule has 4 bridgehead atoms. The third-order valence-electron chi connectivity index (χ3n) is 15.9. The van der Waals surface area contributed by atoms with Crippen molar-refractivity contribution >= 4 is 0 Å². The molecule has 9 aromatic rings. The Bertz CT molecular complexity index is 3570. The second-order valence-electron chi connectivity index (χ2n) is 20.9. The molecule has 0 saturated heterocycles. The van der Waals surface area contributed by atoms with E-state index in [9.17, 15) is 5.48 Å². The van der Waals surface area contributed by atoms with E-state index in [1.54, 1.807) is 6.07 Å². The maximum atomic E-state index is 10.6. The molecule has 0 amide bonds. The Balaban J connectivity index is 0.903. The Morgan fingerprint density at radius 1 is 0.423 bits per heavy atom. The summed E-state index contributed by atoms with van der Waals surface area (Å²) >= 11 is 0. The molecule has 3 aromatic heterocycles. The molecular weight excluding hydrogens is 859 g/mol. The zero-order valence-electron chi connectivity index (χ0n) is 47.2. The summed E-state index contributed by atoms with van der Waals surface area (Å²) in [6.45, 7) is -2.42. The predicted molar refractivity (Wildman–Crippen MR) is 294 cm³/mol. The van der Waals surface area contributed by atoms with E-state index in [2.05, 4.69) is 60.7 Å². The molecule has 350 valence electrons. The van der Waals surface area contributed by atoms with Crippen molar-refractivity contribution in [3.05, 3.63) is 235 Å². The smallest absolute Gasteiger partial charge is 0.0708 e. The quantitative estimate of drug-likeness (QED) is 0.103. The molecule has 4 fully saturated rings. The Morgan fingerprint density at radius 3 is 1.61 bits per heavy atom. The van der Waals surface area contributed by atoms with Crippen molar-refractivity contribution in [2.75, 3.05) is 0 Å². The SMILES string of the molecule is [2H]C([2H])([2H])c1cc(-c2cc(-c3ccccc3)ncc2CC([2H])([2H])C23CC4CC(CCc5ccc(-c6ccccc6)nc5)(CC(C([2H])([2H])Cc5ccc(-c6cccc(-c7ccccc7)c6)nc5)(C4)C2)C3)ccc1-c1ccccc1. The van der Waals surface area contributed by atoms with Crippen LogP contribution in [-0.4, -0.2) is 15.0 Å². The Morgan fingerprint density at radius 2 is 0.958 bits per heavy atom. The van der Waals surface area contributed by atoms with Gasteiger partial charge in [0.25, 0.3) is 0 Å². The number of benzene rings is 6.